The number of carbonyl (C=O) groups excluding carboxylic acids is 3. The second-order valence-corrected chi connectivity index (χ2v) is 7.76. The van der Waals surface area contributed by atoms with Gasteiger partial charge in [0.25, 0.3) is 17.7 Å². The number of nitrogens with one attached hydrogen (secondary N) is 1. The summed E-state index contributed by atoms with van der Waals surface area (Å²) in [5.74, 6) is -1.81. The summed E-state index contributed by atoms with van der Waals surface area (Å²) < 4.78 is 0. The molecule has 5 rings (SSSR count). The van der Waals surface area contributed by atoms with Crippen LogP contribution in [-0.2, 0) is 0 Å². The Hall–Kier alpha value is -4.16. The third-order valence-electron chi connectivity index (χ3n) is 5.36. The highest BCUT2D eigenvalue weighted by molar-refractivity contribution is 6.36. The monoisotopic (exact) mass is 442 g/mol. The molecule has 0 saturated carbocycles. The Morgan fingerprint density at radius 3 is 2.25 bits per heavy atom. The molecule has 4 aromatic rings. The second kappa shape index (κ2) is 7.51. The lowest BCUT2D eigenvalue weighted by Gasteiger charge is -2.14. The summed E-state index contributed by atoms with van der Waals surface area (Å²) in [7, 11) is 0. The van der Waals surface area contributed by atoms with Crippen LogP contribution in [0, 0.1) is 0 Å². The van der Waals surface area contributed by atoms with Crippen molar-refractivity contribution in [2.45, 2.75) is 0 Å². The third-order valence-corrected chi connectivity index (χ3v) is 5.61. The molecule has 1 aliphatic rings. The second-order valence-electron chi connectivity index (χ2n) is 7.32. The van der Waals surface area contributed by atoms with E-state index in [0.717, 1.165) is 15.7 Å². The van der Waals surface area contributed by atoms with Gasteiger partial charge < -0.3 is 10.4 Å². The van der Waals surface area contributed by atoms with Crippen molar-refractivity contribution in [1.29, 1.82) is 0 Å². The van der Waals surface area contributed by atoms with Crippen LogP contribution in [0.4, 0.5) is 11.4 Å². The van der Waals surface area contributed by atoms with E-state index in [1.165, 1.54) is 12.1 Å². The number of amides is 3. The molecule has 3 amide bonds. The zero-order valence-electron chi connectivity index (χ0n) is 16.5. The van der Waals surface area contributed by atoms with Crippen LogP contribution < -0.4 is 10.2 Å². The summed E-state index contributed by atoms with van der Waals surface area (Å²) in [6.45, 7) is 0. The Balaban J connectivity index is 1.51. The minimum Gasteiger partial charge on any atom is -0.507 e. The third kappa shape index (κ3) is 3.18. The van der Waals surface area contributed by atoms with Gasteiger partial charge in [-0.1, -0.05) is 41.9 Å². The smallest absolute Gasteiger partial charge is 0.268 e. The van der Waals surface area contributed by atoms with Gasteiger partial charge in [-0.05, 0) is 59.3 Å². The van der Waals surface area contributed by atoms with Gasteiger partial charge in [-0.2, -0.15) is 0 Å². The van der Waals surface area contributed by atoms with Gasteiger partial charge in [0, 0.05) is 5.02 Å². The fourth-order valence-corrected chi connectivity index (χ4v) is 3.94. The average molecular weight is 443 g/mol. The van der Waals surface area contributed by atoms with E-state index in [0.29, 0.717) is 10.7 Å². The number of fused-ring (bicyclic) bond motifs is 2. The molecule has 2 N–H and O–H groups in total. The lowest BCUT2D eigenvalue weighted by molar-refractivity contribution is 0.0926. The molecule has 0 aliphatic carbocycles. The first-order valence-corrected chi connectivity index (χ1v) is 10.1. The van der Waals surface area contributed by atoms with E-state index in [1.807, 2.05) is 24.3 Å². The molecule has 0 aromatic heterocycles. The van der Waals surface area contributed by atoms with E-state index in [1.54, 1.807) is 42.5 Å². The maximum absolute atomic E-state index is 13.1. The summed E-state index contributed by atoms with van der Waals surface area (Å²) >= 11 is 5.91. The molecular weight excluding hydrogens is 428 g/mol. The number of benzene rings is 4. The normalized spacial score (nSPS) is 12.8. The number of rotatable bonds is 3. The highest BCUT2D eigenvalue weighted by atomic mass is 35.5. The van der Waals surface area contributed by atoms with E-state index in [4.69, 9.17) is 11.6 Å². The van der Waals surface area contributed by atoms with E-state index in [9.17, 15) is 19.5 Å². The molecule has 0 atom stereocenters. The van der Waals surface area contributed by atoms with Crippen LogP contribution in [0.1, 0.15) is 31.1 Å². The summed E-state index contributed by atoms with van der Waals surface area (Å²) in [6.07, 6.45) is 0. The molecule has 4 aromatic carbocycles. The number of imide groups is 1. The minimum absolute atomic E-state index is 0.0626. The predicted molar refractivity (Wildman–Crippen MR) is 123 cm³/mol. The Kier molecular flexibility index (Phi) is 4.64. The summed E-state index contributed by atoms with van der Waals surface area (Å²) in [5.41, 5.74) is 0.916. The molecule has 7 heteroatoms. The summed E-state index contributed by atoms with van der Waals surface area (Å²) in [6, 6.07) is 21.4. The molecule has 156 valence electrons. The van der Waals surface area contributed by atoms with E-state index < -0.39 is 17.7 Å². The first kappa shape index (κ1) is 19.8. The number of phenolic OH excluding ortho intramolecular Hbond substituents is 1. The van der Waals surface area contributed by atoms with Crippen LogP contribution in [0.15, 0.2) is 78.9 Å². The van der Waals surface area contributed by atoms with Crippen LogP contribution in [0.25, 0.3) is 10.8 Å². The van der Waals surface area contributed by atoms with Crippen molar-refractivity contribution in [1.82, 2.24) is 0 Å². The zero-order chi connectivity index (χ0) is 22.4. The fraction of sp³-hybridized carbons (Fsp3) is 0. The van der Waals surface area contributed by atoms with E-state index >= 15 is 0 Å². The van der Waals surface area contributed by atoms with Crippen LogP contribution in [-0.4, -0.2) is 22.8 Å². The van der Waals surface area contributed by atoms with Gasteiger partial charge in [-0.15, -0.1) is 0 Å². The topological polar surface area (TPSA) is 86.7 Å². The minimum atomic E-state index is -0.591. The predicted octanol–water partition coefficient (Wildman–Crippen LogP) is 5.25. The fourth-order valence-electron chi connectivity index (χ4n) is 3.81. The molecule has 32 heavy (non-hydrogen) atoms. The Labute approximate surface area is 187 Å². The highest BCUT2D eigenvalue weighted by Crippen LogP contribution is 2.34. The molecular formula is C25H15ClN2O4. The number of hydrogen-bond donors (Lipinski definition) is 2. The van der Waals surface area contributed by atoms with Crippen molar-refractivity contribution >= 4 is 51.5 Å². The van der Waals surface area contributed by atoms with Crippen molar-refractivity contribution in [3.63, 3.8) is 0 Å². The number of anilines is 2. The van der Waals surface area contributed by atoms with E-state index in [2.05, 4.69) is 5.32 Å². The SMILES string of the molecule is O=C(Nc1cccc2c1C(=O)N(c1ccc(Cl)cc1)C2=O)c1cc2ccccc2cc1O. The van der Waals surface area contributed by atoms with Gasteiger partial charge in [-0.3, -0.25) is 14.4 Å². The van der Waals surface area contributed by atoms with Crippen LogP contribution >= 0.6 is 11.6 Å². The molecule has 0 spiro atoms. The van der Waals surface area contributed by atoms with Gasteiger partial charge in [0.05, 0.1) is 28.1 Å². The average Bonchev–Trinajstić information content (AvgIpc) is 3.05. The quantitative estimate of drug-likeness (QED) is 0.424. The van der Waals surface area contributed by atoms with Gasteiger partial charge in [0.1, 0.15) is 5.75 Å². The molecule has 1 heterocycles. The summed E-state index contributed by atoms with van der Waals surface area (Å²) in [4.78, 5) is 40.1. The maximum atomic E-state index is 13.1. The van der Waals surface area contributed by atoms with Crippen molar-refractivity contribution in [3.8, 4) is 5.75 Å². The lowest BCUT2D eigenvalue weighted by Crippen LogP contribution is -2.29. The van der Waals surface area contributed by atoms with Crippen molar-refractivity contribution in [2.75, 3.05) is 10.2 Å². The molecule has 0 saturated heterocycles. The number of nitrogens with zero attached hydrogens (tertiary/aromatic N) is 1. The number of phenols is 1. The highest BCUT2D eigenvalue weighted by Gasteiger charge is 2.38. The largest absolute Gasteiger partial charge is 0.507 e. The van der Waals surface area contributed by atoms with Crippen molar-refractivity contribution < 1.29 is 19.5 Å². The molecule has 1 aliphatic heterocycles. The van der Waals surface area contributed by atoms with Crippen molar-refractivity contribution in [2.24, 2.45) is 0 Å². The maximum Gasteiger partial charge on any atom is 0.268 e. The first-order valence-electron chi connectivity index (χ1n) is 9.74. The van der Waals surface area contributed by atoms with Crippen molar-refractivity contribution in [3.05, 3.63) is 101 Å². The molecule has 0 unspecified atom stereocenters. The number of carbonyl (C=O) groups is 3. The Morgan fingerprint density at radius 1 is 0.844 bits per heavy atom. The number of hydrogen-bond acceptors (Lipinski definition) is 4. The number of aromatic hydroxyl groups is 1. The Morgan fingerprint density at radius 2 is 1.53 bits per heavy atom. The van der Waals surface area contributed by atoms with Gasteiger partial charge in [-0.25, -0.2) is 4.90 Å². The zero-order valence-corrected chi connectivity index (χ0v) is 17.3. The Bertz CT molecular complexity index is 1430. The molecule has 0 fully saturated rings. The van der Waals surface area contributed by atoms with Gasteiger partial charge in [0.15, 0.2) is 0 Å². The van der Waals surface area contributed by atoms with Gasteiger partial charge >= 0.3 is 0 Å². The first-order chi connectivity index (χ1) is 15.4. The number of halogens is 1. The summed E-state index contributed by atoms with van der Waals surface area (Å²) in [5, 5.41) is 15.1. The van der Waals surface area contributed by atoms with Crippen LogP contribution in [0.5, 0.6) is 5.75 Å². The van der Waals surface area contributed by atoms with Crippen LogP contribution in [0.3, 0.4) is 0 Å². The molecule has 0 radical (unpaired) electrons. The lowest BCUT2D eigenvalue weighted by atomic mass is 10.0. The molecule has 6 nitrogen and oxygen atoms in total. The van der Waals surface area contributed by atoms with E-state index in [-0.39, 0.29) is 28.1 Å². The van der Waals surface area contributed by atoms with Gasteiger partial charge in [0.2, 0.25) is 0 Å². The van der Waals surface area contributed by atoms with Crippen LogP contribution in [0.2, 0.25) is 5.02 Å². The standard InChI is InChI=1S/C25H15ClN2O4/c26-16-8-10-17(11-9-16)28-24(31)18-6-3-7-20(22(18)25(28)32)27-23(30)19-12-14-4-1-2-5-15(14)13-21(19)29/h1-13,29H,(H,27,30). The molecule has 0 bridgehead atoms.